The molecule has 2 aliphatic heterocycles. The Balaban J connectivity index is 1.30. The number of amides is 2. The number of anilines is 1. The van der Waals surface area contributed by atoms with Crippen LogP contribution in [-0.2, 0) is 16.1 Å². The zero-order valence-electron chi connectivity index (χ0n) is 19.7. The average Bonchev–Trinajstić information content (AvgIpc) is 2.88. The van der Waals surface area contributed by atoms with E-state index in [1.807, 2.05) is 53.3 Å². The normalized spacial score (nSPS) is 17.4. The van der Waals surface area contributed by atoms with Crippen molar-refractivity contribution < 1.29 is 9.59 Å². The first-order chi connectivity index (χ1) is 16.1. The summed E-state index contributed by atoms with van der Waals surface area (Å²) in [6.45, 7) is 4.09. The molecule has 0 saturated carbocycles. The summed E-state index contributed by atoms with van der Waals surface area (Å²) in [6, 6.07) is 18.3. The van der Waals surface area contributed by atoms with Crippen molar-refractivity contribution in [2.75, 3.05) is 38.1 Å². The molecular formula is C28H35N3O2. The fourth-order valence-electron chi connectivity index (χ4n) is 4.92. The molecule has 5 nitrogen and oxygen atoms in total. The summed E-state index contributed by atoms with van der Waals surface area (Å²) >= 11 is 0. The fourth-order valence-corrected chi connectivity index (χ4v) is 4.92. The molecule has 2 aromatic rings. The van der Waals surface area contributed by atoms with E-state index in [0.29, 0.717) is 19.6 Å². The molecule has 0 aliphatic carbocycles. The second kappa shape index (κ2) is 11.2. The van der Waals surface area contributed by atoms with Crippen LogP contribution in [-0.4, -0.2) is 54.8 Å². The molecule has 2 aromatic carbocycles. The zero-order chi connectivity index (χ0) is 23.0. The van der Waals surface area contributed by atoms with Crippen molar-refractivity contribution in [2.45, 2.75) is 38.6 Å². The Morgan fingerprint density at radius 2 is 1.58 bits per heavy atom. The van der Waals surface area contributed by atoms with Crippen LogP contribution in [0.5, 0.6) is 0 Å². The van der Waals surface area contributed by atoms with Gasteiger partial charge < -0.3 is 14.7 Å². The molecule has 0 bridgehead atoms. The van der Waals surface area contributed by atoms with Crippen molar-refractivity contribution in [2.24, 2.45) is 5.92 Å². The fraction of sp³-hybridized carbons (Fsp3) is 0.429. The van der Waals surface area contributed by atoms with Crippen LogP contribution in [0.3, 0.4) is 0 Å². The van der Waals surface area contributed by atoms with Gasteiger partial charge in [-0.15, -0.1) is 0 Å². The summed E-state index contributed by atoms with van der Waals surface area (Å²) in [5.74, 6) is 0.197. The molecule has 0 N–H and O–H groups in total. The maximum atomic E-state index is 13.2. The molecule has 0 spiro atoms. The number of para-hydroxylation sites is 1. The first-order valence-electron chi connectivity index (χ1n) is 12.2. The van der Waals surface area contributed by atoms with Gasteiger partial charge in [0.15, 0.2) is 0 Å². The Kier molecular flexibility index (Phi) is 7.82. The highest BCUT2D eigenvalue weighted by Gasteiger charge is 2.29. The standard InChI is InChI=1S/C28H35N3O2/c1-29(22-25-12-6-7-13-26(25)30-18-8-3-9-19-30)28(33)24-16-20-31(21-17-24)27(32)15-14-23-10-4-2-5-11-23/h2,4-7,10-15,24H,3,8-9,16-22H2,1H3/b15-14+. The number of piperidine rings is 2. The highest BCUT2D eigenvalue weighted by molar-refractivity contribution is 5.92. The van der Waals surface area contributed by atoms with Crippen molar-refractivity contribution in [1.82, 2.24) is 9.80 Å². The Morgan fingerprint density at radius 1 is 0.909 bits per heavy atom. The van der Waals surface area contributed by atoms with Gasteiger partial charge in [0.25, 0.3) is 0 Å². The molecule has 0 atom stereocenters. The summed E-state index contributed by atoms with van der Waals surface area (Å²) in [6.07, 6.45) is 8.72. The predicted octanol–water partition coefficient (Wildman–Crippen LogP) is 4.59. The summed E-state index contributed by atoms with van der Waals surface area (Å²) in [5, 5.41) is 0. The van der Waals surface area contributed by atoms with Crippen molar-refractivity contribution in [1.29, 1.82) is 0 Å². The van der Waals surface area contributed by atoms with Gasteiger partial charge in [-0.2, -0.15) is 0 Å². The number of hydrogen-bond acceptors (Lipinski definition) is 3. The summed E-state index contributed by atoms with van der Waals surface area (Å²) in [4.78, 5) is 31.9. The van der Waals surface area contributed by atoms with E-state index >= 15 is 0 Å². The third kappa shape index (κ3) is 6.04. The quantitative estimate of drug-likeness (QED) is 0.611. The van der Waals surface area contributed by atoms with Gasteiger partial charge >= 0.3 is 0 Å². The zero-order valence-corrected chi connectivity index (χ0v) is 19.7. The molecule has 2 saturated heterocycles. The van der Waals surface area contributed by atoms with Crippen molar-refractivity contribution >= 4 is 23.6 Å². The second-order valence-electron chi connectivity index (χ2n) is 9.21. The number of hydrogen-bond donors (Lipinski definition) is 0. The van der Waals surface area contributed by atoms with E-state index in [1.54, 1.807) is 6.08 Å². The molecule has 2 aliphatic rings. The van der Waals surface area contributed by atoms with E-state index in [2.05, 4.69) is 29.2 Å². The lowest BCUT2D eigenvalue weighted by Crippen LogP contribution is -2.43. The average molecular weight is 446 g/mol. The Labute approximate surface area is 197 Å². The molecule has 0 aromatic heterocycles. The van der Waals surface area contributed by atoms with E-state index < -0.39 is 0 Å². The molecule has 2 heterocycles. The minimum absolute atomic E-state index is 0.0145. The lowest BCUT2D eigenvalue weighted by molar-refractivity contribution is -0.138. The van der Waals surface area contributed by atoms with Gasteiger partial charge in [-0.25, -0.2) is 0 Å². The van der Waals surface area contributed by atoms with Crippen LogP contribution in [0, 0.1) is 5.92 Å². The third-order valence-corrected chi connectivity index (χ3v) is 6.85. The molecule has 174 valence electrons. The van der Waals surface area contributed by atoms with Crippen LogP contribution in [0.4, 0.5) is 5.69 Å². The second-order valence-corrected chi connectivity index (χ2v) is 9.21. The lowest BCUT2D eigenvalue weighted by Gasteiger charge is -2.34. The number of carbonyl (C=O) groups is 2. The summed E-state index contributed by atoms with van der Waals surface area (Å²) in [5.41, 5.74) is 3.50. The molecule has 2 fully saturated rings. The Bertz CT molecular complexity index is 958. The maximum absolute atomic E-state index is 13.2. The molecule has 5 heteroatoms. The highest BCUT2D eigenvalue weighted by Crippen LogP contribution is 2.26. The van der Waals surface area contributed by atoms with Gasteiger partial charge in [0.05, 0.1) is 0 Å². The SMILES string of the molecule is CN(Cc1ccccc1N1CCCCC1)C(=O)C1CCN(C(=O)/C=C/c2ccccc2)CC1. The maximum Gasteiger partial charge on any atom is 0.246 e. The number of rotatable bonds is 6. The highest BCUT2D eigenvalue weighted by atomic mass is 16.2. The molecule has 0 unspecified atom stereocenters. The van der Waals surface area contributed by atoms with E-state index in [-0.39, 0.29) is 17.7 Å². The van der Waals surface area contributed by atoms with Crippen LogP contribution < -0.4 is 4.90 Å². The van der Waals surface area contributed by atoms with Gasteiger partial charge in [0.1, 0.15) is 0 Å². The van der Waals surface area contributed by atoms with Crippen LogP contribution in [0.2, 0.25) is 0 Å². The van der Waals surface area contributed by atoms with Gasteiger partial charge in [-0.05, 0) is 55.4 Å². The van der Waals surface area contributed by atoms with E-state index in [4.69, 9.17) is 0 Å². The van der Waals surface area contributed by atoms with E-state index in [0.717, 1.165) is 31.5 Å². The Hall–Kier alpha value is -3.08. The number of carbonyl (C=O) groups excluding carboxylic acids is 2. The first kappa shape index (κ1) is 23.1. The predicted molar refractivity (Wildman–Crippen MR) is 134 cm³/mol. The lowest BCUT2D eigenvalue weighted by atomic mass is 9.95. The Morgan fingerprint density at radius 3 is 2.30 bits per heavy atom. The van der Waals surface area contributed by atoms with E-state index in [9.17, 15) is 9.59 Å². The molecule has 33 heavy (non-hydrogen) atoms. The van der Waals surface area contributed by atoms with E-state index in [1.165, 1.54) is 30.5 Å². The van der Waals surface area contributed by atoms with Gasteiger partial charge in [0.2, 0.25) is 11.8 Å². The van der Waals surface area contributed by atoms with Crippen LogP contribution >= 0.6 is 0 Å². The van der Waals surface area contributed by atoms with Crippen LogP contribution in [0.25, 0.3) is 6.08 Å². The largest absolute Gasteiger partial charge is 0.371 e. The smallest absolute Gasteiger partial charge is 0.246 e. The number of likely N-dealkylation sites (tertiary alicyclic amines) is 1. The molecule has 2 amide bonds. The third-order valence-electron chi connectivity index (χ3n) is 6.85. The number of nitrogens with zero attached hydrogens (tertiary/aromatic N) is 3. The van der Waals surface area contributed by atoms with Crippen LogP contribution in [0.15, 0.2) is 60.7 Å². The van der Waals surface area contributed by atoms with Crippen molar-refractivity contribution in [3.63, 3.8) is 0 Å². The summed E-state index contributed by atoms with van der Waals surface area (Å²) in [7, 11) is 1.91. The molecule has 0 radical (unpaired) electrons. The first-order valence-corrected chi connectivity index (χ1v) is 12.2. The van der Waals surface area contributed by atoms with Gasteiger partial charge in [-0.3, -0.25) is 9.59 Å². The van der Waals surface area contributed by atoms with Crippen molar-refractivity contribution in [3.8, 4) is 0 Å². The monoisotopic (exact) mass is 445 g/mol. The minimum Gasteiger partial charge on any atom is -0.371 e. The molecule has 4 rings (SSSR count). The minimum atomic E-state index is -0.0145. The van der Waals surface area contributed by atoms with Gasteiger partial charge in [-0.1, -0.05) is 48.5 Å². The summed E-state index contributed by atoms with van der Waals surface area (Å²) < 4.78 is 0. The van der Waals surface area contributed by atoms with Crippen LogP contribution in [0.1, 0.15) is 43.2 Å². The van der Waals surface area contributed by atoms with Gasteiger partial charge in [0, 0.05) is 57.5 Å². The topological polar surface area (TPSA) is 43.9 Å². The number of benzene rings is 2. The molecular weight excluding hydrogens is 410 g/mol. The van der Waals surface area contributed by atoms with Crippen molar-refractivity contribution in [3.05, 3.63) is 71.8 Å².